The summed E-state index contributed by atoms with van der Waals surface area (Å²) in [5, 5.41) is 3.30. The number of methoxy groups -OCH3 is 1. The van der Waals surface area contributed by atoms with Crippen molar-refractivity contribution in [2.75, 3.05) is 25.2 Å². The lowest BCUT2D eigenvalue weighted by Crippen LogP contribution is -2.44. The van der Waals surface area contributed by atoms with Crippen LogP contribution in [0.3, 0.4) is 0 Å². The molecule has 1 aliphatic heterocycles. The molecule has 0 bridgehead atoms. The molecule has 1 aromatic heterocycles. The first kappa shape index (κ1) is 21.9. The minimum atomic E-state index is -3.83. The number of H-pyrrole nitrogens is 1. The van der Waals surface area contributed by atoms with Gasteiger partial charge in [-0.1, -0.05) is 18.2 Å². The molecule has 2 unspecified atom stereocenters. The second kappa shape index (κ2) is 8.29. The SMILES string of the molecule is COc1ccc(S(=O)(=O)C2CS(=O)(=O)CC2NCCc2c[nH]c3ccccc23)cc1C. The van der Waals surface area contributed by atoms with Crippen LogP contribution in [-0.4, -0.2) is 58.3 Å². The van der Waals surface area contributed by atoms with E-state index in [2.05, 4.69) is 10.3 Å². The van der Waals surface area contributed by atoms with E-state index in [-0.39, 0.29) is 16.4 Å². The standard InChI is InChI=1S/C22H26N2O5S2/c1-15-11-17(7-8-21(15)29-2)31(27,28)22-14-30(25,26)13-20(22)23-10-9-16-12-24-19-6-4-3-5-18(16)19/h3-8,11-12,20,22-24H,9-10,13-14H2,1-2H3. The van der Waals surface area contributed by atoms with Gasteiger partial charge < -0.3 is 15.0 Å². The van der Waals surface area contributed by atoms with Gasteiger partial charge in [0.2, 0.25) is 0 Å². The normalized spacial score (nSPS) is 20.8. The van der Waals surface area contributed by atoms with Gasteiger partial charge in [-0.05, 0) is 55.3 Å². The van der Waals surface area contributed by atoms with Gasteiger partial charge in [0.25, 0.3) is 0 Å². The molecule has 2 atom stereocenters. The van der Waals surface area contributed by atoms with Crippen LogP contribution in [0.15, 0.2) is 53.6 Å². The zero-order chi connectivity index (χ0) is 22.2. The number of nitrogens with one attached hydrogen (secondary N) is 2. The Balaban J connectivity index is 1.53. The van der Waals surface area contributed by atoms with Crippen LogP contribution in [0.1, 0.15) is 11.1 Å². The topological polar surface area (TPSA) is 105 Å². The lowest BCUT2D eigenvalue weighted by Gasteiger charge is -2.20. The highest BCUT2D eigenvalue weighted by molar-refractivity contribution is 7.96. The summed E-state index contributed by atoms with van der Waals surface area (Å²) in [5.41, 5.74) is 2.83. The molecule has 2 heterocycles. The van der Waals surface area contributed by atoms with E-state index in [1.165, 1.54) is 13.2 Å². The number of hydrogen-bond donors (Lipinski definition) is 2. The Morgan fingerprint density at radius 3 is 2.68 bits per heavy atom. The van der Waals surface area contributed by atoms with Gasteiger partial charge in [0.15, 0.2) is 19.7 Å². The summed E-state index contributed by atoms with van der Waals surface area (Å²) in [6.07, 6.45) is 2.60. The number of aryl methyl sites for hydroxylation is 1. The maximum atomic E-state index is 13.3. The fourth-order valence-electron chi connectivity index (χ4n) is 4.24. The Morgan fingerprint density at radius 2 is 1.94 bits per heavy atom. The minimum Gasteiger partial charge on any atom is -0.496 e. The molecule has 1 aliphatic rings. The first-order chi connectivity index (χ1) is 14.7. The van der Waals surface area contributed by atoms with Crippen molar-refractivity contribution in [3.05, 3.63) is 59.8 Å². The molecule has 3 aromatic rings. The highest BCUT2D eigenvalue weighted by Gasteiger charge is 2.45. The van der Waals surface area contributed by atoms with Crippen molar-refractivity contribution >= 4 is 30.6 Å². The lowest BCUT2D eigenvalue weighted by atomic mass is 10.1. The number of ether oxygens (including phenoxy) is 1. The van der Waals surface area contributed by atoms with Crippen LogP contribution in [0.25, 0.3) is 10.9 Å². The molecule has 9 heteroatoms. The van der Waals surface area contributed by atoms with Crippen LogP contribution in [-0.2, 0) is 26.1 Å². The van der Waals surface area contributed by atoms with Gasteiger partial charge in [0, 0.05) is 23.1 Å². The van der Waals surface area contributed by atoms with Crippen LogP contribution in [0, 0.1) is 6.92 Å². The Kier molecular flexibility index (Phi) is 5.85. The number of para-hydroxylation sites is 1. The molecule has 1 saturated heterocycles. The predicted octanol–water partition coefficient (Wildman–Crippen LogP) is 2.26. The van der Waals surface area contributed by atoms with Crippen molar-refractivity contribution in [2.45, 2.75) is 29.5 Å². The first-order valence-electron chi connectivity index (χ1n) is 10.1. The molecule has 0 radical (unpaired) electrons. The first-order valence-corrected chi connectivity index (χ1v) is 13.5. The molecule has 1 fully saturated rings. The van der Waals surface area contributed by atoms with Gasteiger partial charge in [0.1, 0.15) is 5.75 Å². The van der Waals surface area contributed by atoms with E-state index >= 15 is 0 Å². The highest BCUT2D eigenvalue weighted by atomic mass is 32.2. The monoisotopic (exact) mass is 462 g/mol. The predicted molar refractivity (Wildman–Crippen MR) is 121 cm³/mol. The second-order valence-electron chi connectivity index (χ2n) is 7.96. The number of fused-ring (bicyclic) bond motifs is 1. The van der Waals surface area contributed by atoms with Crippen molar-refractivity contribution < 1.29 is 21.6 Å². The summed E-state index contributed by atoms with van der Waals surface area (Å²) in [6.45, 7) is 2.25. The number of aromatic nitrogens is 1. The number of sulfone groups is 2. The van der Waals surface area contributed by atoms with E-state index in [9.17, 15) is 16.8 Å². The van der Waals surface area contributed by atoms with Crippen molar-refractivity contribution in [3.63, 3.8) is 0 Å². The van der Waals surface area contributed by atoms with E-state index in [4.69, 9.17) is 4.74 Å². The van der Waals surface area contributed by atoms with Crippen LogP contribution in [0.4, 0.5) is 0 Å². The van der Waals surface area contributed by atoms with Gasteiger partial charge in [-0.3, -0.25) is 0 Å². The van der Waals surface area contributed by atoms with Crippen LogP contribution in [0.2, 0.25) is 0 Å². The summed E-state index contributed by atoms with van der Waals surface area (Å²) >= 11 is 0. The summed E-state index contributed by atoms with van der Waals surface area (Å²) in [5.74, 6) is 0.0387. The molecule has 0 spiro atoms. The minimum absolute atomic E-state index is 0.122. The third kappa shape index (κ3) is 4.35. The van der Waals surface area contributed by atoms with E-state index in [1.807, 2.05) is 30.5 Å². The maximum Gasteiger partial charge on any atom is 0.183 e. The molecule has 0 amide bonds. The zero-order valence-electron chi connectivity index (χ0n) is 17.5. The highest BCUT2D eigenvalue weighted by Crippen LogP contribution is 2.29. The largest absolute Gasteiger partial charge is 0.496 e. The van der Waals surface area contributed by atoms with Crippen molar-refractivity contribution in [2.24, 2.45) is 0 Å². The van der Waals surface area contributed by atoms with Gasteiger partial charge in [-0.15, -0.1) is 0 Å². The fourth-order valence-corrected chi connectivity index (χ4v) is 9.04. The van der Waals surface area contributed by atoms with E-state index in [0.717, 1.165) is 16.5 Å². The molecular formula is C22H26N2O5S2. The Bertz CT molecular complexity index is 1310. The van der Waals surface area contributed by atoms with Crippen molar-refractivity contribution in [1.29, 1.82) is 0 Å². The average molecular weight is 463 g/mol. The van der Waals surface area contributed by atoms with Gasteiger partial charge in [-0.25, -0.2) is 16.8 Å². The summed E-state index contributed by atoms with van der Waals surface area (Å²) in [6, 6.07) is 11.9. The summed E-state index contributed by atoms with van der Waals surface area (Å²) in [7, 11) is -5.76. The Hall–Kier alpha value is -2.36. The van der Waals surface area contributed by atoms with E-state index in [1.54, 1.807) is 19.1 Å². The van der Waals surface area contributed by atoms with Gasteiger partial charge in [-0.2, -0.15) is 0 Å². The third-order valence-corrected chi connectivity index (χ3v) is 10.0. The zero-order valence-corrected chi connectivity index (χ0v) is 19.1. The number of benzene rings is 2. The number of aromatic amines is 1. The molecule has 7 nitrogen and oxygen atoms in total. The van der Waals surface area contributed by atoms with Crippen LogP contribution >= 0.6 is 0 Å². The molecule has 2 aromatic carbocycles. The van der Waals surface area contributed by atoms with Crippen LogP contribution < -0.4 is 10.1 Å². The average Bonchev–Trinajstić information content (AvgIpc) is 3.28. The lowest BCUT2D eigenvalue weighted by molar-refractivity contribution is 0.411. The molecule has 31 heavy (non-hydrogen) atoms. The Labute approximate surface area is 182 Å². The summed E-state index contributed by atoms with van der Waals surface area (Å²) in [4.78, 5) is 3.34. The van der Waals surface area contributed by atoms with Crippen LogP contribution in [0.5, 0.6) is 5.75 Å². The third-order valence-electron chi connectivity index (χ3n) is 5.87. The van der Waals surface area contributed by atoms with E-state index in [0.29, 0.717) is 24.3 Å². The number of hydrogen-bond acceptors (Lipinski definition) is 6. The Morgan fingerprint density at radius 1 is 1.16 bits per heavy atom. The molecule has 0 saturated carbocycles. The molecule has 0 aliphatic carbocycles. The van der Waals surface area contributed by atoms with Crippen molar-refractivity contribution in [3.8, 4) is 5.75 Å². The smallest absolute Gasteiger partial charge is 0.183 e. The molecular weight excluding hydrogens is 436 g/mol. The van der Waals surface area contributed by atoms with Gasteiger partial charge in [0.05, 0.1) is 28.8 Å². The van der Waals surface area contributed by atoms with E-state index < -0.39 is 31.0 Å². The molecule has 4 rings (SSSR count). The number of rotatable bonds is 7. The van der Waals surface area contributed by atoms with Gasteiger partial charge >= 0.3 is 0 Å². The molecule has 166 valence electrons. The van der Waals surface area contributed by atoms with Crippen molar-refractivity contribution in [1.82, 2.24) is 10.3 Å². The maximum absolute atomic E-state index is 13.3. The fraction of sp³-hybridized carbons (Fsp3) is 0.364. The second-order valence-corrected chi connectivity index (χ2v) is 12.3. The molecule has 2 N–H and O–H groups in total. The quantitative estimate of drug-likeness (QED) is 0.558. The summed E-state index contributed by atoms with van der Waals surface area (Å²) < 4.78 is 56.5.